The molecule has 206 valence electrons. The lowest BCUT2D eigenvalue weighted by atomic mass is 10.1. The van der Waals surface area contributed by atoms with E-state index in [1.807, 2.05) is 30.5 Å². The molecular formula is C26H26F4N6O3. The number of carbonyl (C=O) groups is 1. The topological polar surface area (TPSA) is 96.1 Å². The number of pyridine rings is 2. The molecule has 39 heavy (non-hydrogen) atoms. The zero-order valence-corrected chi connectivity index (χ0v) is 21.1. The number of aromatic nitrogens is 4. The predicted octanol–water partition coefficient (Wildman–Crippen LogP) is 4.06. The Balaban J connectivity index is 0.000000448. The van der Waals surface area contributed by atoms with E-state index in [9.17, 15) is 17.6 Å². The third kappa shape index (κ3) is 6.67. The molecule has 0 spiro atoms. The number of carboxylic acid groups (broad SMARTS) is 1. The lowest BCUT2D eigenvalue weighted by Crippen LogP contribution is -2.46. The Morgan fingerprint density at radius 2 is 1.90 bits per heavy atom. The van der Waals surface area contributed by atoms with E-state index in [-0.39, 0.29) is 11.9 Å². The van der Waals surface area contributed by atoms with Gasteiger partial charge in [0.25, 0.3) is 0 Å². The summed E-state index contributed by atoms with van der Waals surface area (Å²) in [5, 5.41) is 16.0. The molecule has 13 heteroatoms. The van der Waals surface area contributed by atoms with Crippen LogP contribution in [-0.4, -0.2) is 80.7 Å². The van der Waals surface area contributed by atoms with Crippen LogP contribution in [0.5, 0.6) is 5.88 Å². The van der Waals surface area contributed by atoms with Crippen molar-refractivity contribution in [2.45, 2.75) is 18.8 Å². The number of halogens is 4. The highest BCUT2D eigenvalue weighted by Crippen LogP contribution is 2.29. The van der Waals surface area contributed by atoms with Gasteiger partial charge in [-0.2, -0.15) is 13.2 Å². The van der Waals surface area contributed by atoms with Gasteiger partial charge in [0.05, 0.1) is 18.7 Å². The SMILES string of the molecule is COc1ncccc1CN1CCN(C)C(c2nnn3cc(-c4cccc(F)c4)ccc23)C1.O=C(O)C(F)(F)F. The monoisotopic (exact) mass is 546 g/mol. The fourth-order valence-corrected chi connectivity index (χ4v) is 4.33. The number of methoxy groups -OCH3 is 1. The Morgan fingerprint density at radius 3 is 2.59 bits per heavy atom. The number of hydrogen-bond acceptors (Lipinski definition) is 7. The third-order valence-corrected chi connectivity index (χ3v) is 6.33. The fraction of sp³-hybridized carbons (Fsp3) is 0.308. The molecule has 1 aliphatic heterocycles. The van der Waals surface area contributed by atoms with E-state index >= 15 is 0 Å². The summed E-state index contributed by atoms with van der Waals surface area (Å²) in [5.41, 5.74) is 4.70. The smallest absolute Gasteiger partial charge is 0.481 e. The van der Waals surface area contributed by atoms with Crippen LogP contribution in [0.25, 0.3) is 16.6 Å². The van der Waals surface area contributed by atoms with Gasteiger partial charge in [-0.05, 0) is 36.9 Å². The first kappa shape index (κ1) is 27.9. The molecule has 5 rings (SSSR count). The van der Waals surface area contributed by atoms with Gasteiger partial charge in [-0.15, -0.1) is 5.10 Å². The summed E-state index contributed by atoms with van der Waals surface area (Å²) in [5.74, 6) is -2.34. The van der Waals surface area contributed by atoms with Gasteiger partial charge in [-0.1, -0.05) is 29.5 Å². The highest BCUT2D eigenvalue weighted by molar-refractivity contribution is 5.73. The van der Waals surface area contributed by atoms with E-state index < -0.39 is 12.1 Å². The van der Waals surface area contributed by atoms with Crippen molar-refractivity contribution >= 4 is 11.5 Å². The molecule has 4 heterocycles. The quantitative estimate of drug-likeness (QED) is 0.375. The summed E-state index contributed by atoms with van der Waals surface area (Å²) < 4.78 is 52.6. The maximum atomic E-state index is 13.6. The zero-order chi connectivity index (χ0) is 28.2. The first-order chi connectivity index (χ1) is 18.6. The van der Waals surface area contributed by atoms with E-state index in [4.69, 9.17) is 14.6 Å². The Bertz CT molecular complexity index is 1440. The number of fused-ring (bicyclic) bond motifs is 1. The molecule has 1 atom stereocenters. The largest absolute Gasteiger partial charge is 0.490 e. The van der Waals surface area contributed by atoms with Gasteiger partial charge >= 0.3 is 12.1 Å². The summed E-state index contributed by atoms with van der Waals surface area (Å²) in [6, 6.07) is 14.7. The van der Waals surface area contributed by atoms with Crippen LogP contribution in [0.1, 0.15) is 17.3 Å². The highest BCUT2D eigenvalue weighted by Gasteiger charge is 2.38. The number of carboxylic acids is 1. The second kappa shape index (κ2) is 11.7. The van der Waals surface area contributed by atoms with Gasteiger partial charge in [0.2, 0.25) is 5.88 Å². The second-order valence-electron chi connectivity index (χ2n) is 8.94. The number of rotatable bonds is 5. The van der Waals surface area contributed by atoms with E-state index in [2.05, 4.69) is 38.2 Å². The molecule has 0 amide bonds. The van der Waals surface area contributed by atoms with Crippen molar-refractivity contribution in [3.8, 4) is 17.0 Å². The Hall–Kier alpha value is -4.10. The van der Waals surface area contributed by atoms with Gasteiger partial charge < -0.3 is 9.84 Å². The molecule has 9 nitrogen and oxygen atoms in total. The number of hydrogen-bond donors (Lipinski definition) is 1. The van der Waals surface area contributed by atoms with Crippen molar-refractivity contribution in [3.05, 3.63) is 78.0 Å². The van der Waals surface area contributed by atoms with Crippen LogP contribution in [0.3, 0.4) is 0 Å². The molecule has 1 unspecified atom stereocenters. The summed E-state index contributed by atoms with van der Waals surface area (Å²) in [7, 11) is 3.78. The number of likely N-dealkylation sites (N-methyl/N-ethyl adjacent to an activating group) is 1. The van der Waals surface area contributed by atoms with Gasteiger partial charge in [0.15, 0.2) is 0 Å². The molecule has 0 bridgehead atoms. The van der Waals surface area contributed by atoms with E-state index in [0.717, 1.165) is 54.1 Å². The maximum absolute atomic E-state index is 13.6. The molecule has 4 aromatic rings. The maximum Gasteiger partial charge on any atom is 0.490 e. The van der Waals surface area contributed by atoms with Crippen molar-refractivity contribution in [2.75, 3.05) is 33.8 Å². The summed E-state index contributed by atoms with van der Waals surface area (Å²) in [4.78, 5) is 17.9. The average molecular weight is 547 g/mol. The normalized spacial score (nSPS) is 16.5. The molecule has 1 saturated heterocycles. The van der Waals surface area contributed by atoms with Crippen LogP contribution in [0.15, 0.2) is 60.9 Å². The standard InChI is InChI=1S/C24H25FN6O.C2HF3O2/c1-29-11-12-30(14-19-6-4-10-26-24(19)32-2)16-22(29)23-21-9-8-18(15-31(21)28-27-23)17-5-3-7-20(25)13-17;3-2(4,5)1(6)7/h3-10,13,15,22H,11-12,14,16H2,1-2H3;(H,6,7). The second-order valence-corrected chi connectivity index (χ2v) is 8.94. The Kier molecular flexibility index (Phi) is 8.41. The van der Waals surface area contributed by atoms with Gasteiger partial charge in [-0.25, -0.2) is 18.7 Å². The molecule has 0 saturated carbocycles. The predicted molar refractivity (Wildman–Crippen MR) is 134 cm³/mol. The summed E-state index contributed by atoms with van der Waals surface area (Å²) in [6.45, 7) is 3.47. The van der Waals surface area contributed by atoms with Gasteiger partial charge in [-0.3, -0.25) is 9.80 Å². The van der Waals surface area contributed by atoms with Crippen molar-refractivity contribution in [2.24, 2.45) is 0 Å². The summed E-state index contributed by atoms with van der Waals surface area (Å²) >= 11 is 0. The Morgan fingerprint density at radius 1 is 1.13 bits per heavy atom. The lowest BCUT2D eigenvalue weighted by Gasteiger charge is -2.38. The molecule has 3 aromatic heterocycles. The van der Waals surface area contributed by atoms with Crippen LogP contribution in [0, 0.1) is 5.82 Å². The Labute approximate surface area is 221 Å². The number of ether oxygens (including phenoxy) is 1. The van der Waals surface area contributed by atoms with Crippen LogP contribution in [0.4, 0.5) is 17.6 Å². The molecule has 1 fully saturated rings. The third-order valence-electron chi connectivity index (χ3n) is 6.33. The minimum atomic E-state index is -5.08. The van der Waals surface area contributed by atoms with Crippen LogP contribution in [-0.2, 0) is 11.3 Å². The van der Waals surface area contributed by atoms with Gasteiger partial charge in [0.1, 0.15) is 11.5 Å². The molecule has 1 aromatic carbocycles. The lowest BCUT2D eigenvalue weighted by molar-refractivity contribution is -0.192. The van der Waals surface area contributed by atoms with Crippen molar-refractivity contribution in [1.29, 1.82) is 0 Å². The van der Waals surface area contributed by atoms with Crippen molar-refractivity contribution < 1.29 is 32.2 Å². The van der Waals surface area contributed by atoms with E-state index in [0.29, 0.717) is 5.88 Å². The zero-order valence-electron chi connectivity index (χ0n) is 21.1. The average Bonchev–Trinajstić information content (AvgIpc) is 3.33. The molecular weight excluding hydrogens is 520 g/mol. The van der Waals surface area contributed by atoms with E-state index in [1.54, 1.807) is 23.9 Å². The van der Waals surface area contributed by atoms with Crippen LogP contribution >= 0.6 is 0 Å². The molecule has 0 aliphatic carbocycles. The number of alkyl halides is 3. The van der Waals surface area contributed by atoms with Crippen molar-refractivity contribution in [3.63, 3.8) is 0 Å². The van der Waals surface area contributed by atoms with Crippen LogP contribution < -0.4 is 4.74 Å². The number of piperazine rings is 1. The van der Waals surface area contributed by atoms with Gasteiger partial charge in [0, 0.05) is 49.7 Å². The number of benzene rings is 1. The van der Waals surface area contributed by atoms with Crippen LogP contribution in [0.2, 0.25) is 0 Å². The molecule has 0 radical (unpaired) electrons. The fourth-order valence-electron chi connectivity index (χ4n) is 4.33. The minimum Gasteiger partial charge on any atom is -0.481 e. The minimum absolute atomic E-state index is 0.115. The molecule has 1 N–H and O–H groups in total. The first-order valence-corrected chi connectivity index (χ1v) is 11.9. The molecule has 1 aliphatic rings. The number of aliphatic carboxylic acids is 1. The number of nitrogens with zero attached hydrogens (tertiary/aromatic N) is 6. The summed E-state index contributed by atoms with van der Waals surface area (Å²) in [6.07, 6.45) is -1.43. The van der Waals surface area contributed by atoms with Crippen molar-refractivity contribution in [1.82, 2.24) is 29.6 Å². The first-order valence-electron chi connectivity index (χ1n) is 11.9. The highest BCUT2D eigenvalue weighted by atomic mass is 19.4. The van der Waals surface area contributed by atoms with E-state index in [1.165, 1.54) is 12.1 Å².